The Morgan fingerprint density at radius 3 is 2.53 bits per heavy atom. The van der Waals surface area contributed by atoms with Gasteiger partial charge in [-0.2, -0.15) is 0 Å². The maximum Gasteiger partial charge on any atom is 0.0638 e. The second kappa shape index (κ2) is 10.4. The molecular weight excluding hydrogens is 190 g/mol. The van der Waals surface area contributed by atoms with Crippen molar-refractivity contribution in [3.05, 3.63) is 0 Å². The molecular formula is C12H27NO2. The van der Waals surface area contributed by atoms with Crippen molar-refractivity contribution in [2.24, 2.45) is 0 Å². The number of aliphatic hydroxyl groups excluding tert-OH is 1. The topological polar surface area (TPSA) is 41.5 Å². The van der Waals surface area contributed by atoms with Crippen molar-refractivity contribution < 1.29 is 9.84 Å². The largest absolute Gasteiger partial charge is 0.395 e. The second-order valence-electron chi connectivity index (χ2n) is 4.25. The zero-order chi connectivity index (χ0) is 11.5. The summed E-state index contributed by atoms with van der Waals surface area (Å²) in [5, 5.41) is 12.4. The molecule has 0 aromatic carbocycles. The smallest absolute Gasteiger partial charge is 0.0638 e. The fourth-order valence-electron chi connectivity index (χ4n) is 1.72. The molecule has 0 saturated carbocycles. The Balaban J connectivity index is 3.47. The summed E-state index contributed by atoms with van der Waals surface area (Å²) < 4.78 is 5.02. The Hall–Kier alpha value is -0.120. The van der Waals surface area contributed by atoms with E-state index in [1.165, 1.54) is 32.1 Å². The molecule has 2 atom stereocenters. The van der Waals surface area contributed by atoms with Crippen LogP contribution in [-0.2, 0) is 4.74 Å². The van der Waals surface area contributed by atoms with E-state index in [1.54, 1.807) is 7.11 Å². The van der Waals surface area contributed by atoms with E-state index in [4.69, 9.17) is 9.84 Å². The minimum Gasteiger partial charge on any atom is -0.395 e. The Morgan fingerprint density at radius 1 is 1.27 bits per heavy atom. The van der Waals surface area contributed by atoms with E-state index < -0.39 is 0 Å². The molecule has 0 rings (SSSR count). The molecule has 2 unspecified atom stereocenters. The van der Waals surface area contributed by atoms with Crippen molar-refractivity contribution in [1.29, 1.82) is 0 Å². The highest BCUT2D eigenvalue weighted by Crippen LogP contribution is 2.05. The van der Waals surface area contributed by atoms with Gasteiger partial charge >= 0.3 is 0 Å². The van der Waals surface area contributed by atoms with Gasteiger partial charge in [0.2, 0.25) is 0 Å². The van der Waals surface area contributed by atoms with E-state index in [-0.39, 0.29) is 12.6 Å². The molecule has 3 heteroatoms. The Morgan fingerprint density at radius 2 is 2.00 bits per heavy atom. The molecule has 0 radical (unpaired) electrons. The monoisotopic (exact) mass is 217 g/mol. The van der Waals surface area contributed by atoms with Crippen LogP contribution >= 0.6 is 0 Å². The van der Waals surface area contributed by atoms with Gasteiger partial charge < -0.3 is 15.2 Å². The average Bonchev–Trinajstić information content (AvgIpc) is 2.24. The fourth-order valence-corrected chi connectivity index (χ4v) is 1.72. The summed E-state index contributed by atoms with van der Waals surface area (Å²) in [6.07, 6.45) is 6.38. The van der Waals surface area contributed by atoms with Gasteiger partial charge in [-0.25, -0.2) is 0 Å². The summed E-state index contributed by atoms with van der Waals surface area (Å²) in [7, 11) is 1.66. The minimum atomic E-state index is 0.0798. The van der Waals surface area contributed by atoms with Crippen LogP contribution in [0.25, 0.3) is 0 Å². The summed E-state index contributed by atoms with van der Waals surface area (Å²) in [4.78, 5) is 0. The molecule has 0 aromatic rings. The van der Waals surface area contributed by atoms with Gasteiger partial charge in [0, 0.05) is 13.2 Å². The highest BCUT2D eigenvalue weighted by atomic mass is 16.5. The number of hydrogen-bond acceptors (Lipinski definition) is 3. The minimum absolute atomic E-state index is 0.0798. The van der Waals surface area contributed by atoms with Crippen molar-refractivity contribution in [3.8, 4) is 0 Å². The second-order valence-corrected chi connectivity index (χ2v) is 4.25. The number of methoxy groups -OCH3 is 1. The molecule has 15 heavy (non-hydrogen) atoms. The van der Waals surface area contributed by atoms with E-state index >= 15 is 0 Å². The average molecular weight is 217 g/mol. The van der Waals surface area contributed by atoms with Gasteiger partial charge in [-0.3, -0.25) is 0 Å². The number of unbranched alkanes of at least 4 members (excludes halogenated alkanes) is 3. The molecule has 3 nitrogen and oxygen atoms in total. The zero-order valence-electron chi connectivity index (χ0n) is 10.5. The van der Waals surface area contributed by atoms with Crippen LogP contribution in [0.3, 0.4) is 0 Å². The van der Waals surface area contributed by atoms with Crippen LogP contribution in [0.2, 0.25) is 0 Å². The lowest BCUT2D eigenvalue weighted by Crippen LogP contribution is -2.41. The summed E-state index contributed by atoms with van der Waals surface area (Å²) in [5.41, 5.74) is 0. The molecule has 0 spiro atoms. The Kier molecular flexibility index (Phi) is 10.3. The normalized spacial score (nSPS) is 15.2. The molecule has 0 aliphatic carbocycles. The molecule has 92 valence electrons. The highest BCUT2D eigenvalue weighted by molar-refractivity contribution is 4.70. The lowest BCUT2D eigenvalue weighted by molar-refractivity contribution is 0.122. The molecule has 0 aliphatic heterocycles. The molecule has 0 amide bonds. The number of aliphatic hydroxyl groups is 1. The van der Waals surface area contributed by atoms with Gasteiger partial charge in [-0.05, 0) is 13.3 Å². The van der Waals surface area contributed by atoms with Crippen molar-refractivity contribution in [1.82, 2.24) is 5.32 Å². The van der Waals surface area contributed by atoms with Crippen molar-refractivity contribution in [3.63, 3.8) is 0 Å². The highest BCUT2D eigenvalue weighted by Gasteiger charge is 2.10. The summed E-state index contributed by atoms with van der Waals surface area (Å²) in [6, 6.07) is 0.547. The van der Waals surface area contributed by atoms with Crippen LogP contribution in [-0.4, -0.2) is 37.5 Å². The van der Waals surface area contributed by atoms with Gasteiger partial charge in [-0.1, -0.05) is 32.6 Å². The molecule has 0 saturated heterocycles. The molecule has 0 aliphatic rings. The van der Waals surface area contributed by atoms with E-state index in [9.17, 15) is 0 Å². The molecule has 0 heterocycles. The van der Waals surface area contributed by atoms with Gasteiger partial charge in [0.05, 0.1) is 19.3 Å². The number of hydrogen-bond donors (Lipinski definition) is 2. The number of ether oxygens (including phenoxy) is 1. The third-order valence-corrected chi connectivity index (χ3v) is 2.60. The van der Waals surface area contributed by atoms with Gasteiger partial charge in [0.1, 0.15) is 0 Å². The first kappa shape index (κ1) is 14.9. The van der Waals surface area contributed by atoms with Crippen LogP contribution in [0.5, 0.6) is 0 Å². The molecule has 2 N–H and O–H groups in total. The Labute approximate surface area is 94.2 Å². The van der Waals surface area contributed by atoms with E-state index in [0.29, 0.717) is 12.6 Å². The van der Waals surface area contributed by atoms with Gasteiger partial charge in [0.25, 0.3) is 0 Å². The SMILES string of the molecule is CCCCCCC(C)NC(CO)COC. The van der Waals surface area contributed by atoms with Gasteiger partial charge in [-0.15, -0.1) is 0 Å². The molecule has 0 bridgehead atoms. The van der Waals surface area contributed by atoms with Crippen molar-refractivity contribution in [2.45, 2.75) is 58.0 Å². The lowest BCUT2D eigenvalue weighted by atomic mass is 10.1. The van der Waals surface area contributed by atoms with Crippen LogP contribution in [0, 0.1) is 0 Å². The fraction of sp³-hybridized carbons (Fsp3) is 1.00. The first-order valence-corrected chi connectivity index (χ1v) is 6.10. The van der Waals surface area contributed by atoms with E-state index in [1.807, 2.05) is 0 Å². The van der Waals surface area contributed by atoms with Crippen LogP contribution in [0.4, 0.5) is 0 Å². The predicted molar refractivity (Wildman–Crippen MR) is 64.1 cm³/mol. The number of rotatable bonds is 10. The maximum atomic E-state index is 9.07. The van der Waals surface area contributed by atoms with Crippen LogP contribution in [0.15, 0.2) is 0 Å². The first-order valence-electron chi connectivity index (χ1n) is 6.10. The predicted octanol–water partition coefficient (Wildman–Crippen LogP) is 1.94. The van der Waals surface area contributed by atoms with Crippen LogP contribution in [0.1, 0.15) is 46.0 Å². The molecule has 0 fully saturated rings. The number of nitrogens with one attached hydrogen (secondary N) is 1. The molecule has 0 aromatic heterocycles. The quantitative estimate of drug-likeness (QED) is 0.550. The van der Waals surface area contributed by atoms with Crippen molar-refractivity contribution >= 4 is 0 Å². The van der Waals surface area contributed by atoms with E-state index in [2.05, 4.69) is 19.2 Å². The van der Waals surface area contributed by atoms with E-state index in [0.717, 1.165) is 0 Å². The van der Waals surface area contributed by atoms with Crippen LogP contribution < -0.4 is 5.32 Å². The lowest BCUT2D eigenvalue weighted by Gasteiger charge is -2.20. The third-order valence-electron chi connectivity index (χ3n) is 2.60. The van der Waals surface area contributed by atoms with Crippen molar-refractivity contribution in [2.75, 3.05) is 20.3 Å². The standard InChI is InChI=1S/C12H27NO2/c1-4-5-6-7-8-11(2)13-12(9-14)10-15-3/h11-14H,4-10H2,1-3H3. The van der Waals surface area contributed by atoms with Gasteiger partial charge in [0.15, 0.2) is 0 Å². The summed E-state index contributed by atoms with van der Waals surface area (Å²) >= 11 is 0. The zero-order valence-corrected chi connectivity index (χ0v) is 10.5. The third kappa shape index (κ3) is 8.85. The first-order chi connectivity index (χ1) is 7.24. The summed E-state index contributed by atoms with van der Waals surface area (Å²) in [6.45, 7) is 5.12. The maximum absolute atomic E-state index is 9.07. The summed E-state index contributed by atoms with van der Waals surface area (Å²) in [5.74, 6) is 0. The Bertz CT molecular complexity index is 131.